The highest BCUT2D eigenvalue weighted by atomic mass is 16.3. The molecule has 1 fully saturated rings. The van der Waals surface area contributed by atoms with Crippen LogP contribution in [-0.4, -0.2) is 11.2 Å². The largest absolute Gasteiger partial charge is 0.388 e. The molecular weight excluding hydrogens is 172 g/mol. The van der Waals surface area contributed by atoms with Gasteiger partial charge in [0.15, 0.2) is 0 Å². The van der Waals surface area contributed by atoms with Gasteiger partial charge in [-0.25, -0.2) is 0 Å². The molecule has 0 aliphatic heterocycles. The van der Waals surface area contributed by atoms with E-state index in [1.807, 2.05) is 0 Å². The molecule has 0 aromatic heterocycles. The molecule has 1 atom stereocenters. The highest BCUT2D eigenvalue weighted by Crippen LogP contribution is 2.24. The fourth-order valence-corrected chi connectivity index (χ4v) is 1.84. The third kappa shape index (κ3) is 4.45. The Balaban J connectivity index is 2.32. The quantitative estimate of drug-likeness (QED) is 0.535. The summed E-state index contributed by atoms with van der Waals surface area (Å²) in [6.45, 7) is 3.58. The highest BCUT2D eigenvalue weighted by Gasteiger charge is 2.09. The second kappa shape index (κ2) is 6.64. The van der Waals surface area contributed by atoms with Crippen molar-refractivity contribution in [2.75, 3.05) is 0 Å². The van der Waals surface area contributed by atoms with E-state index in [2.05, 4.69) is 18.4 Å². The number of hydrogen-bond acceptors (Lipinski definition) is 1. The molecule has 0 aromatic rings. The van der Waals surface area contributed by atoms with Crippen molar-refractivity contribution in [3.8, 4) is 0 Å². The monoisotopic (exact) mass is 192 g/mol. The molecule has 0 bridgehead atoms. The molecule has 78 valence electrons. The number of aliphatic hydroxyl groups excluding tert-OH is 1. The van der Waals surface area contributed by atoms with Gasteiger partial charge in [-0.05, 0) is 37.3 Å². The average Bonchev–Trinajstić information content (AvgIpc) is 2.20. The standard InChI is InChI=1S/C13H20O/c1-2-7-13(14)11-6-10-12-8-4-3-5-9-12/h2,10-14H,1,3-5,7-9H2. The van der Waals surface area contributed by atoms with Crippen LogP contribution in [0.25, 0.3) is 0 Å². The average molecular weight is 192 g/mol. The molecule has 1 rings (SSSR count). The smallest absolute Gasteiger partial charge is 0.0828 e. The molecule has 1 heteroatoms. The minimum atomic E-state index is -0.410. The molecular formula is C13H20O. The van der Waals surface area contributed by atoms with E-state index in [0.717, 1.165) is 0 Å². The van der Waals surface area contributed by atoms with E-state index in [-0.39, 0.29) is 0 Å². The van der Waals surface area contributed by atoms with Crippen molar-refractivity contribution in [1.82, 2.24) is 0 Å². The maximum atomic E-state index is 9.37. The summed E-state index contributed by atoms with van der Waals surface area (Å²) >= 11 is 0. The lowest BCUT2D eigenvalue weighted by Gasteiger charge is -2.16. The predicted molar refractivity (Wildman–Crippen MR) is 60.0 cm³/mol. The van der Waals surface area contributed by atoms with Gasteiger partial charge in [-0.3, -0.25) is 0 Å². The Morgan fingerprint density at radius 2 is 2.07 bits per heavy atom. The molecule has 1 unspecified atom stereocenters. The fourth-order valence-electron chi connectivity index (χ4n) is 1.84. The van der Waals surface area contributed by atoms with E-state index in [0.29, 0.717) is 12.3 Å². The fraction of sp³-hybridized carbons (Fsp3) is 0.615. The van der Waals surface area contributed by atoms with Gasteiger partial charge in [0.25, 0.3) is 0 Å². The molecule has 1 saturated carbocycles. The van der Waals surface area contributed by atoms with Gasteiger partial charge in [0.1, 0.15) is 0 Å². The van der Waals surface area contributed by atoms with Crippen molar-refractivity contribution in [2.45, 2.75) is 44.6 Å². The molecule has 0 aromatic carbocycles. The lowest BCUT2D eigenvalue weighted by Crippen LogP contribution is -2.02. The van der Waals surface area contributed by atoms with E-state index in [4.69, 9.17) is 0 Å². The van der Waals surface area contributed by atoms with Crippen molar-refractivity contribution >= 4 is 0 Å². The molecule has 1 aliphatic carbocycles. The van der Waals surface area contributed by atoms with Crippen LogP contribution in [0.4, 0.5) is 0 Å². The lowest BCUT2D eigenvalue weighted by molar-refractivity contribution is 0.227. The van der Waals surface area contributed by atoms with Crippen LogP contribution in [0.15, 0.2) is 30.5 Å². The van der Waals surface area contributed by atoms with Crippen molar-refractivity contribution in [3.63, 3.8) is 0 Å². The van der Waals surface area contributed by atoms with Gasteiger partial charge < -0.3 is 5.11 Å². The number of hydrogen-bond donors (Lipinski definition) is 1. The van der Waals surface area contributed by atoms with Crippen LogP contribution in [-0.2, 0) is 0 Å². The van der Waals surface area contributed by atoms with Crippen molar-refractivity contribution in [2.24, 2.45) is 5.92 Å². The van der Waals surface area contributed by atoms with Gasteiger partial charge in [-0.15, -0.1) is 12.3 Å². The number of aliphatic hydroxyl groups is 1. The van der Waals surface area contributed by atoms with Crippen molar-refractivity contribution < 1.29 is 5.11 Å². The predicted octanol–water partition coefficient (Wildman–Crippen LogP) is 3.22. The minimum absolute atomic E-state index is 0.410. The van der Waals surface area contributed by atoms with Crippen LogP contribution in [0.3, 0.4) is 0 Å². The van der Waals surface area contributed by atoms with E-state index in [9.17, 15) is 5.11 Å². The van der Waals surface area contributed by atoms with Gasteiger partial charge in [-0.1, -0.05) is 25.3 Å². The normalized spacial score (nSPS) is 19.5. The summed E-state index contributed by atoms with van der Waals surface area (Å²) < 4.78 is 0. The summed E-state index contributed by atoms with van der Waals surface area (Å²) in [5, 5.41) is 9.37. The first-order valence-electron chi connectivity index (χ1n) is 5.54. The first-order valence-corrected chi connectivity index (χ1v) is 5.54. The maximum absolute atomic E-state index is 9.37. The molecule has 1 aliphatic rings. The molecule has 1 nitrogen and oxygen atoms in total. The Labute approximate surface area is 86.8 Å². The summed E-state index contributed by atoms with van der Waals surface area (Å²) in [6, 6.07) is 0. The molecule has 14 heavy (non-hydrogen) atoms. The van der Waals surface area contributed by atoms with E-state index >= 15 is 0 Å². The Bertz CT molecular complexity index is 217. The van der Waals surface area contributed by atoms with Gasteiger partial charge in [0, 0.05) is 0 Å². The second-order valence-corrected chi connectivity index (χ2v) is 3.99. The van der Waals surface area contributed by atoms with E-state index in [1.165, 1.54) is 32.1 Å². The highest BCUT2D eigenvalue weighted by molar-refractivity contribution is 4.95. The molecule has 0 spiro atoms. The third-order valence-corrected chi connectivity index (χ3v) is 2.68. The first kappa shape index (κ1) is 11.3. The Morgan fingerprint density at radius 1 is 1.36 bits per heavy atom. The zero-order chi connectivity index (χ0) is 10.2. The van der Waals surface area contributed by atoms with Crippen LogP contribution >= 0.6 is 0 Å². The van der Waals surface area contributed by atoms with Crippen LogP contribution in [0.1, 0.15) is 38.5 Å². The third-order valence-electron chi connectivity index (χ3n) is 2.68. The summed E-state index contributed by atoms with van der Waals surface area (Å²) in [5.74, 6) is 0.691. The van der Waals surface area contributed by atoms with Crippen LogP contribution < -0.4 is 0 Å². The SMILES string of the molecule is C=CCC(O)C=C=CC1CCCCC1. The van der Waals surface area contributed by atoms with Crippen LogP contribution in [0.2, 0.25) is 0 Å². The summed E-state index contributed by atoms with van der Waals surface area (Å²) in [5.41, 5.74) is 3.09. The molecule has 0 saturated heterocycles. The Kier molecular flexibility index (Phi) is 5.36. The first-order chi connectivity index (χ1) is 6.83. The Morgan fingerprint density at radius 3 is 2.71 bits per heavy atom. The summed E-state index contributed by atoms with van der Waals surface area (Å²) in [4.78, 5) is 0. The molecule has 0 amide bonds. The summed E-state index contributed by atoms with van der Waals surface area (Å²) in [6.07, 6.45) is 12.4. The zero-order valence-electron chi connectivity index (χ0n) is 8.78. The topological polar surface area (TPSA) is 20.2 Å². The van der Waals surface area contributed by atoms with Crippen molar-refractivity contribution in [3.05, 3.63) is 30.5 Å². The van der Waals surface area contributed by atoms with Crippen LogP contribution in [0.5, 0.6) is 0 Å². The van der Waals surface area contributed by atoms with Crippen LogP contribution in [0, 0.1) is 5.92 Å². The Hall–Kier alpha value is -0.780. The zero-order valence-corrected chi connectivity index (χ0v) is 8.78. The van der Waals surface area contributed by atoms with E-state index in [1.54, 1.807) is 12.2 Å². The maximum Gasteiger partial charge on any atom is 0.0828 e. The van der Waals surface area contributed by atoms with Gasteiger partial charge in [0.2, 0.25) is 0 Å². The summed E-state index contributed by atoms with van der Waals surface area (Å²) in [7, 11) is 0. The molecule has 0 heterocycles. The molecule has 1 N–H and O–H groups in total. The van der Waals surface area contributed by atoms with Gasteiger partial charge in [0.05, 0.1) is 6.10 Å². The van der Waals surface area contributed by atoms with Crippen molar-refractivity contribution in [1.29, 1.82) is 0 Å². The second-order valence-electron chi connectivity index (χ2n) is 3.99. The van der Waals surface area contributed by atoms with Gasteiger partial charge >= 0.3 is 0 Å². The van der Waals surface area contributed by atoms with Gasteiger partial charge in [-0.2, -0.15) is 0 Å². The minimum Gasteiger partial charge on any atom is -0.388 e. The number of rotatable bonds is 4. The van der Waals surface area contributed by atoms with E-state index < -0.39 is 6.10 Å². The molecule has 0 radical (unpaired) electrons. The lowest BCUT2D eigenvalue weighted by atomic mass is 9.89.